The molecule has 1 heterocycles. The lowest BCUT2D eigenvalue weighted by Gasteiger charge is -2.18. The van der Waals surface area contributed by atoms with Crippen molar-refractivity contribution >= 4 is 15.5 Å². The topological polar surface area (TPSA) is 72.2 Å². The third-order valence-corrected chi connectivity index (χ3v) is 4.78. The van der Waals surface area contributed by atoms with Crippen molar-refractivity contribution in [2.75, 3.05) is 17.6 Å². The molecule has 0 saturated heterocycles. The van der Waals surface area contributed by atoms with E-state index in [1.807, 2.05) is 19.1 Å². The van der Waals surface area contributed by atoms with Gasteiger partial charge >= 0.3 is 0 Å². The highest BCUT2D eigenvalue weighted by Crippen LogP contribution is 2.27. The van der Waals surface area contributed by atoms with Crippen molar-refractivity contribution in [2.24, 2.45) is 5.73 Å². The molecular weight excluding hydrogens is 236 g/mol. The predicted molar refractivity (Wildman–Crippen MR) is 69.0 cm³/mol. The molecule has 17 heavy (non-hydrogen) atoms. The van der Waals surface area contributed by atoms with E-state index in [1.165, 1.54) is 0 Å². The lowest BCUT2D eigenvalue weighted by Crippen LogP contribution is -2.25. The molecule has 1 aromatic carbocycles. The van der Waals surface area contributed by atoms with Crippen LogP contribution >= 0.6 is 0 Å². The maximum Gasteiger partial charge on any atom is 0.178 e. The zero-order chi connectivity index (χ0) is 12.5. The Morgan fingerprint density at radius 3 is 2.94 bits per heavy atom. The molecule has 1 aromatic rings. The minimum absolute atomic E-state index is 0.0785. The molecule has 3 N–H and O–H groups in total. The van der Waals surface area contributed by atoms with Crippen molar-refractivity contribution in [1.82, 2.24) is 0 Å². The molecule has 1 atom stereocenters. The van der Waals surface area contributed by atoms with Gasteiger partial charge in [0.2, 0.25) is 0 Å². The molecule has 2 rings (SSSR count). The summed E-state index contributed by atoms with van der Waals surface area (Å²) in [6, 6.07) is 5.51. The van der Waals surface area contributed by atoms with Gasteiger partial charge in [-0.1, -0.05) is 0 Å². The Morgan fingerprint density at radius 2 is 2.24 bits per heavy atom. The molecule has 1 aliphatic rings. The van der Waals surface area contributed by atoms with E-state index in [9.17, 15) is 8.42 Å². The largest absolute Gasteiger partial charge is 0.383 e. The number of aryl methyl sites for hydroxylation is 1. The van der Waals surface area contributed by atoms with Gasteiger partial charge in [0, 0.05) is 18.3 Å². The number of sulfone groups is 1. The summed E-state index contributed by atoms with van der Waals surface area (Å²) in [5.41, 5.74) is 7.53. The van der Waals surface area contributed by atoms with E-state index in [0.29, 0.717) is 17.9 Å². The molecule has 94 valence electrons. The number of benzene rings is 1. The molecule has 0 spiro atoms. The predicted octanol–water partition coefficient (Wildman–Crippen LogP) is 1.17. The van der Waals surface area contributed by atoms with Crippen LogP contribution < -0.4 is 11.1 Å². The average Bonchev–Trinajstić information content (AvgIpc) is 2.25. The van der Waals surface area contributed by atoms with Crippen LogP contribution in [0.3, 0.4) is 0 Å². The molecule has 1 aliphatic heterocycles. The van der Waals surface area contributed by atoms with E-state index < -0.39 is 9.84 Å². The Labute approximate surface area is 102 Å². The standard InChI is InChI=1S/C12H18N2O2S/c1-9(13)8-14-11-4-5-12-10(7-11)3-2-6-17(12,15)16/h4-5,7,9,14H,2-3,6,8,13H2,1H3. The SMILES string of the molecule is CC(N)CNc1ccc2c(c1)CCCS2(=O)=O. The van der Waals surface area contributed by atoms with Gasteiger partial charge in [0.1, 0.15) is 0 Å². The zero-order valence-electron chi connectivity index (χ0n) is 9.94. The Bertz CT molecular complexity index is 509. The first-order valence-electron chi connectivity index (χ1n) is 5.84. The molecule has 0 radical (unpaired) electrons. The normalized spacial score (nSPS) is 19.4. The summed E-state index contributed by atoms with van der Waals surface area (Å²) in [6.45, 7) is 2.61. The van der Waals surface area contributed by atoms with Crippen LogP contribution in [0, 0.1) is 0 Å². The molecule has 0 aliphatic carbocycles. The highest BCUT2D eigenvalue weighted by Gasteiger charge is 2.23. The average molecular weight is 254 g/mol. The van der Waals surface area contributed by atoms with Gasteiger partial charge in [-0.15, -0.1) is 0 Å². The number of hydrogen-bond acceptors (Lipinski definition) is 4. The second-order valence-corrected chi connectivity index (χ2v) is 6.68. The number of nitrogens with one attached hydrogen (secondary N) is 1. The van der Waals surface area contributed by atoms with Crippen molar-refractivity contribution in [3.8, 4) is 0 Å². The lowest BCUT2D eigenvalue weighted by atomic mass is 10.1. The number of fused-ring (bicyclic) bond motifs is 1. The Hall–Kier alpha value is -1.07. The van der Waals surface area contributed by atoms with Crippen LogP contribution in [0.5, 0.6) is 0 Å². The first kappa shape index (κ1) is 12.4. The Balaban J connectivity index is 2.26. The minimum Gasteiger partial charge on any atom is -0.383 e. The molecule has 5 heteroatoms. The maximum atomic E-state index is 11.8. The summed E-state index contributed by atoms with van der Waals surface area (Å²) in [5.74, 6) is 0.270. The van der Waals surface area contributed by atoms with Crippen LogP contribution in [-0.4, -0.2) is 26.8 Å². The number of rotatable bonds is 3. The molecule has 0 fully saturated rings. The van der Waals surface area contributed by atoms with Gasteiger partial charge in [0.05, 0.1) is 10.6 Å². The fraction of sp³-hybridized carbons (Fsp3) is 0.500. The minimum atomic E-state index is -3.04. The zero-order valence-corrected chi connectivity index (χ0v) is 10.8. The van der Waals surface area contributed by atoms with Crippen LogP contribution in [0.15, 0.2) is 23.1 Å². The van der Waals surface area contributed by atoms with E-state index >= 15 is 0 Å². The summed E-state index contributed by atoms with van der Waals surface area (Å²) < 4.78 is 23.6. The van der Waals surface area contributed by atoms with Gasteiger partial charge in [0.15, 0.2) is 9.84 Å². The molecule has 0 saturated carbocycles. The molecule has 0 aromatic heterocycles. The van der Waals surface area contributed by atoms with E-state index in [1.54, 1.807) is 6.07 Å². The quantitative estimate of drug-likeness (QED) is 0.849. The maximum absolute atomic E-state index is 11.8. The fourth-order valence-electron chi connectivity index (χ4n) is 2.03. The summed E-state index contributed by atoms with van der Waals surface area (Å²) in [6.07, 6.45) is 1.55. The second kappa shape index (κ2) is 4.66. The van der Waals surface area contributed by atoms with E-state index in [2.05, 4.69) is 5.32 Å². The van der Waals surface area contributed by atoms with Crippen LogP contribution in [0.2, 0.25) is 0 Å². The van der Waals surface area contributed by atoms with Gasteiger partial charge in [-0.2, -0.15) is 0 Å². The number of nitrogens with two attached hydrogens (primary N) is 1. The third-order valence-electron chi connectivity index (χ3n) is 2.88. The molecule has 4 nitrogen and oxygen atoms in total. The number of anilines is 1. The lowest BCUT2D eigenvalue weighted by molar-refractivity contribution is 0.586. The van der Waals surface area contributed by atoms with Gasteiger partial charge in [-0.3, -0.25) is 0 Å². The highest BCUT2D eigenvalue weighted by atomic mass is 32.2. The van der Waals surface area contributed by atoms with Gasteiger partial charge < -0.3 is 11.1 Å². The van der Waals surface area contributed by atoms with Crippen molar-refractivity contribution in [1.29, 1.82) is 0 Å². The van der Waals surface area contributed by atoms with Crippen molar-refractivity contribution < 1.29 is 8.42 Å². The van der Waals surface area contributed by atoms with Gasteiger partial charge in [-0.25, -0.2) is 8.42 Å². The van der Waals surface area contributed by atoms with Crippen LogP contribution in [-0.2, 0) is 16.3 Å². The van der Waals surface area contributed by atoms with E-state index in [-0.39, 0.29) is 11.8 Å². The summed E-state index contributed by atoms with van der Waals surface area (Å²) in [7, 11) is -3.04. The highest BCUT2D eigenvalue weighted by molar-refractivity contribution is 7.91. The summed E-state index contributed by atoms with van der Waals surface area (Å²) in [4.78, 5) is 0.495. The first-order chi connectivity index (χ1) is 7.99. The smallest absolute Gasteiger partial charge is 0.178 e. The van der Waals surface area contributed by atoms with Crippen LogP contribution in [0.1, 0.15) is 18.9 Å². The molecule has 0 bridgehead atoms. The van der Waals surface area contributed by atoms with E-state index in [4.69, 9.17) is 5.73 Å². The molecular formula is C12H18N2O2S. The Kier molecular flexibility index (Phi) is 3.40. The second-order valence-electron chi connectivity index (χ2n) is 4.60. The summed E-state index contributed by atoms with van der Waals surface area (Å²) in [5, 5.41) is 3.20. The molecule has 1 unspecified atom stereocenters. The van der Waals surface area contributed by atoms with Crippen molar-refractivity contribution in [3.63, 3.8) is 0 Å². The van der Waals surface area contributed by atoms with Gasteiger partial charge in [0.25, 0.3) is 0 Å². The van der Waals surface area contributed by atoms with Crippen molar-refractivity contribution in [2.45, 2.75) is 30.7 Å². The van der Waals surface area contributed by atoms with Crippen LogP contribution in [0.4, 0.5) is 5.69 Å². The fourth-order valence-corrected chi connectivity index (χ4v) is 3.61. The van der Waals surface area contributed by atoms with Gasteiger partial charge in [-0.05, 0) is 43.5 Å². The van der Waals surface area contributed by atoms with Crippen molar-refractivity contribution in [3.05, 3.63) is 23.8 Å². The summed E-state index contributed by atoms with van der Waals surface area (Å²) >= 11 is 0. The van der Waals surface area contributed by atoms with E-state index in [0.717, 1.165) is 17.7 Å². The monoisotopic (exact) mass is 254 g/mol. The molecule has 0 amide bonds. The third kappa shape index (κ3) is 2.79. The van der Waals surface area contributed by atoms with Crippen LogP contribution in [0.25, 0.3) is 0 Å². The Morgan fingerprint density at radius 1 is 1.47 bits per heavy atom. The number of hydrogen-bond donors (Lipinski definition) is 2. The first-order valence-corrected chi connectivity index (χ1v) is 7.49.